The maximum Gasteiger partial charge on any atom is 0.233 e. The van der Waals surface area contributed by atoms with E-state index in [1.807, 2.05) is 0 Å². The van der Waals surface area contributed by atoms with Crippen LogP contribution in [0.25, 0.3) is 0 Å². The van der Waals surface area contributed by atoms with Crippen molar-refractivity contribution in [3.8, 4) is 10.9 Å². The van der Waals surface area contributed by atoms with Gasteiger partial charge in [0.05, 0.1) is 19.8 Å². The Kier molecular flexibility index (Phi) is 4.69. The molecule has 0 radical (unpaired) electrons. The Balaban J connectivity index is 2.65. The zero-order valence-corrected chi connectivity index (χ0v) is 9.61. The fourth-order valence-electron chi connectivity index (χ4n) is 1.14. The van der Waals surface area contributed by atoms with Crippen LogP contribution in [-0.2, 0) is 6.54 Å². The molecule has 0 saturated carbocycles. The summed E-state index contributed by atoms with van der Waals surface area (Å²) in [5.41, 5.74) is 1.01. The van der Waals surface area contributed by atoms with Gasteiger partial charge in [-0.2, -0.15) is 4.37 Å². The number of methoxy groups -OCH3 is 2. The molecule has 0 aromatic carbocycles. The van der Waals surface area contributed by atoms with Crippen LogP contribution in [0, 0.1) is 0 Å². The van der Waals surface area contributed by atoms with E-state index >= 15 is 0 Å². The molecule has 0 fully saturated rings. The number of rotatable bonds is 6. The maximum atomic E-state index is 5.19. The van der Waals surface area contributed by atoms with Gasteiger partial charge >= 0.3 is 0 Å². The molecule has 5 heteroatoms. The Morgan fingerprint density at radius 2 is 2.14 bits per heavy atom. The lowest BCUT2D eigenvalue weighted by molar-refractivity contribution is 0.385. The van der Waals surface area contributed by atoms with Gasteiger partial charge in [-0.25, -0.2) is 0 Å². The van der Waals surface area contributed by atoms with E-state index in [1.54, 1.807) is 14.2 Å². The summed E-state index contributed by atoms with van der Waals surface area (Å²) in [6.45, 7) is 3.87. The zero-order chi connectivity index (χ0) is 10.4. The molecular formula is C9H16N2O2S. The lowest BCUT2D eigenvalue weighted by atomic mass is 10.3. The highest BCUT2D eigenvalue weighted by atomic mass is 32.1. The molecular weight excluding hydrogens is 200 g/mol. The first-order valence-electron chi connectivity index (χ1n) is 4.60. The molecule has 14 heavy (non-hydrogen) atoms. The molecule has 0 unspecified atom stereocenters. The third-order valence-corrected chi connectivity index (χ3v) is 2.66. The highest BCUT2D eigenvalue weighted by Crippen LogP contribution is 2.31. The lowest BCUT2D eigenvalue weighted by Gasteiger charge is -2.04. The first kappa shape index (κ1) is 11.3. The van der Waals surface area contributed by atoms with E-state index in [1.165, 1.54) is 11.5 Å². The SMILES string of the molecule is CCCNCc1c(OC)nsc1OC. The van der Waals surface area contributed by atoms with Gasteiger partial charge in [-0.3, -0.25) is 0 Å². The van der Waals surface area contributed by atoms with Gasteiger partial charge in [0.15, 0.2) is 0 Å². The summed E-state index contributed by atoms with van der Waals surface area (Å²) >= 11 is 1.32. The van der Waals surface area contributed by atoms with Gasteiger partial charge in [-0.1, -0.05) is 6.92 Å². The number of ether oxygens (including phenoxy) is 2. The Morgan fingerprint density at radius 1 is 1.36 bits per heavy atom. The summed E-state index contributed by atoms with van der Waals surface area (Å²) in [5, 5.41) is 4.12. The number of nitrogens with one attached hydrogen (secondary N) is 1. The first-order valence-corrected chi connectivity index (χ1v) is 5.38. The summed E-state index contributed by atoms with van der Waals surface area (Å²) in [6, 6.07) is 0. The van der Waals surface area contributed by atoms with Crippen LogP contribution in [0.15, 0.2) is 0 Å². The van der Waals surface area contributed by atoms with Crippen LogP contribution in [0.2, 0.25) is 0 Å². The van der Waals surface area contributed by atoms with Crippen LogP contribution in [0.1, 0.15) is 18.9 Å². The summed E-state index contributed by atoms with van der Waals surface area (Å²) in [7, 11) is 3.27. The van der Waals surface area contributed by atoms with Gasteiger partial charge in [0.25, 0.3) is 0 Å². The Hall–Kier alpha value is -0.810. The molecule has 4 nitrogen and oxygen atoms in total. The monoisotopic (exact) mass is 216 g/mol. The van der Waals surface area contributed by atoms with Crippen molar-refractivity contribution in [2.24, 2.45) is 0 Å². The molecule has 1 N–H and O–H groups in total. The van der Waals surface area contributed by atoms with Crippen molar-refractivity contribution in [3.63, 3.8) is 0 Å². The standard InChI is InChI=1S/C9H16N2O2S/c1-4-5-10-6-7-8(12-2)11-14-9(7)13-3/h10H,4-6H2,1-3H3. The lowest BCUT2D eigenvalue weighted by Crippen LogP contribution is -2.14. The molecule has 1 heterocycles. The zero-order valence-electron chi connectivity index (χ0n) is 8.79. The highest BCUT2D eigenvalue weighted by molar-refractivity contribution is 7.08. The fraction of sp³-hybridized carbons (Fsp3) is 0.667. The number of hydrogen-bond donors (Lipinski definition) is 1. The minimum absolute atomic E-state index is 0.662. The van der Waals surface area contributed by atoms with E-state index < -0.39 is 0 Å². The smallest absolute Gasteiger partial charge is 0.233 e. The molecule has 0 spiro atoms. The van der Waals surface area contributed by atoms with Crippen molar-refractivity contribution in [1.29, 1.82) is 0 Å². The van der Waals surface area contributed by atoms with Crippen LogP contribution in [0.5, 0.6) is 10.9 Å². The van der Waals surface area contributed by atoms with E-state index in [0.717, 1.165) is 30.1 Å². The largest absolute Gasteiger partial charge is 0.486 e. The quantitative estimate of drug-likeness (QED) is 0.734. The summed E-state index contributed by atoms with van der Waals surface area (Å²) in [4.78, 5) is 0. The molecule has 80 valence electrons. The molecule has 1 rings (SSSR count). The molecule has 1 aromatic rings. The molecule has 0 saturated heterocycles. The van der Waals surface area contributed by atoms with E-state index in [9.17, 15) is 0 Å². The number of hydrogen-bond acceptors (Lipinski definition) is 5. The minimum Gasteiger partial charge on any atom is -0.486 e. The average Bonchev–Trinajstić information content (AvgIpc) is 2.60. The second-order valence-corrected chi connectivity index (χ2v) is 3.57. The normalized spacial score (nSPS) is 10.2. The Bertz CT molecular complexity index is 254. The minimum atomic E-state index is 0.662. The summed E-state index contributed by atoms with van der Waals surface area (Å²) in [5.74, 6) is 0.662. The molecule has 0 aliphatic heterocycles. The van der Waals surface area contributed by atoms with E-state index in [4.69, 9.17) is 9.47 Å². The summed E-state index contributed by atoms with van der Waals surface area (Å²) < 4.78 is 14.5. The van der Waals surface area contributed by atoms with Crippen molar-refractivity contribution >= 4 is 11.5 Å². The number of nitrogens with zero attached hydrogens (tertiary/aromatic N) is 1. The molecule has 0 aliphatic rings. The molecule has 0 aliphatic carbocycles. The second-order valence-electron chi connectivity index (χ2n) is 2.84. The highest BCUT2D eigenvalue weighted by Gasteiger charge is 2.13. The van der Waals surface area contributed by atoms with Crippen molar-refractivity contribution in [2.45, 2.75) is 19.9 Å². The van der Waals surface area contributed by atoms with Gasteiger partial charge in [0.1, 0.15) is 0 Å². The molecule has 0 atom stereocenters. The van der Waals surface area contributed by atoms with Gasteiger partial charge in [0.2, 0.25) is 10.9 Å². The fourth-order valence-corrected chi connectivity index (χ4v) is 1.83. The first-order chi connectivity index (χ1) is 6.83. The van der Waals surface area contributed by atoms with Gasteiger partial charge in [-0.15, -0.1) is 0 Å². The predicted octanol–water partition coefficient (Wildman–Crippen LogP) is 1.66. The van der Waals surface area contributed by atoms with Crippen molar-refractivity contribution in [1.82, 2.24) is 9.69 Å². The van der Waals surface area contributed by atoms with Crippen LogP contribution >= 0.6 is 11.5 Å². The molecule has 1 aromatic heterocycles. The van der Waals surface area contributed by atoms with Crippen LogP contribution < -0.4 is 14.8 Å². The Morgan fingerprint density at radius 3 is 2.71 bits per heavy atom. The predicted molar refractivity (Wildman–Crippen MR) is 57.2 cm³/mol. The van der Waals surface area contributed by atoms with E-state index in [-0.39, 0.29) is 0 Å². The third-order valence-electron chi connectivity index (χ3n) is 1.82. The van der Waals surface area contributed by atoms with Crippen molar-refractivity contribution in [3.05, 3.63) is 5.56 Å². The van der Waals surface area contributed by atoms with Crippen molar-refractivity contribution in [2.75, 3.05) is 20.8 Å². The molecule has 0 bridgehead atoms. The van der Waals surface area contributed by atoms with Gasteiger partial charge in [0, 0.05) is 18.1 Å². The average molecular weight is 216 g/mol. The topological polar surface area (TPSA) is 43.4 Å². The van der Waals surface area contributed by atoms with Crippen molar-refractivity contribution < 1.29 is 9.47 Å². The second kappa shape index (κ2) is 5.82. The van der Waals surface area contributed by atoms with E-state index in [2.05, 4.69) is 16.6 Å². The number of aromatic nitrogens is 1. The van der Waals surface area contributed by atoms with E-state index in [0.29, 0.717) is 5.88 Å². The van der Waals surface area contributed by atoms with Crippen LogP contribution in [0.4, 0.5) is 0 Å². The van der Waals surface area contributed by atoms with Crippen LogP contribution in [0.3, 0.4) is 0 Å². The summed E-state index contributed by atoms with van der Waals surface area (Å²) in [6.07, 6.45) is 1.11. The van der Waals surface area contributed by atoms with Gasteiger partial charge < -0.3 is 14.8 Å². The third kappa shape index (κ3) is 2.59. The molecule has 0 amide bonds. The van der Waals surface area contributed by atoms with Crippen LogP contribution in [-0.4, -0.2) is 25.1 Å². The van der Waals surface area contributed by atoms with Gasteiger partial charge in [-0.05, 0) is 13.0 Å². The maximum absolute atomic E-state index is 5.19. The Labute approximate surface area is 88.4 Å².